The van der Waals surface area contributed by atoms with Gasteiger partial charge in [-0.05, 0) is 61.4 Å². The van der Waals surface area contributed by atoms with E-state index in [0.29, 0.717) is 0 Å². The molecular weight excluding hydrogens is 334 g/mol. The van der Waals surface area contributed by atoms with E-state index in [1.165, 1.54) is 0 Å². The molecule has 0 fully saturated rings. The van der Waals surface area contributed by atoms with Crippen LogP contribution in [0.1, 0.15) is 13.8 Å². The zero-order valence-corrected chi connectivity index (χ0v) is 15.8. The molecule has 0 aliphatic heterocycles. The number of fused-ring (bicyclic) bond motifs is 1. The largest absolute Gasteiger partial charge is 0.491 e. The first-order valence-corrected chi connectivity index (χ1v) is 9.16. The Kier molecular flexibility index (Phi) is 4.55. The Morgan fingerprint density at radius 3 is 2.26 bits per heavy atom. The lowest BCUT2D eigenvalue weighted by molar-refractivity contribution is 0.242. The van der Waals surface area contributed by atoms with Crippen LogP contribution in [0.15, 0.2) is 73.1 Å². The third kappa shape index (κ3) is 3.51. The van der Waals surface area contributed by atoms with Crippen LogP contribution < -0.4 is 10.1 Å². The number of ether oxygens (including phenoxy) is 1. The number of hydrogen-bond donors (Lipinski definition) is 1. The van der Waals surface area contributed by atoms with Gasteiger partial charge in [-0.25, -0.2) is 4.98 Å². The molecule has 4 rings (SSSR count). The van der Waals surface area contributed by atoms with Crippen LogP contribution in [0.5, 0.6) is 5.75 Å². The van der Waals surface area contributed by atoms with Crippen LogP contribution in [0.2, 0.25) is 0 Å². The van der Waals surface area contributed by atoms with Crippen molar-refractivity contribution in [1.82, 2.24) is 9.38 Å². The van der Waals surface area contributed by atoms with Crippen molar-refractivity contribution in [3.63, 3.8) is 0 Å². The molecule has 4 nitrogen and oxygen atoms in total. The third-order valence-electron chi connectivity index (χ3n) is 4.54. The van der Waals surface area contributed by atoms with Gasteiger partial charge in [0.05, 0.1) is 18.0 Å². The van der Waals surface area contributed by atoms with Crippen molar-refractivity contribution in [2.24, 2.45) is 0 Å². The van der Waals surface area contributed by atoms with E-state index in [9.17, 15) is 0 Å². The third-order valence-corrected chi connectivity index (χ3v) is 4.54. The number of rotatable bonds is 5. The van der Waals surface area contributed by atoms with Crippen molar-refractivity contribution >= 4 is 11.3 Å². The van der Waals surface area contributed by atoms with Gasteiger partial charge in [0.25, 0.3) is 0 Å². The summed E-state index contributed by atoms with van der Waals surface area (Å²) in [5.74, 6) is 0.892. The second-order valence-electron chi connectivity index (χ2n) is 6.81. The van der Waals surface area contributed by atoms with Crippen molar-refractivity contribution in [1.29, 1.82) is 0 Å². The Morgan fingerprint density at radius 2 is 1.59 bits per heavy atom. The minimum absolute atomic E-state index is 0.178. The van der Waals surface area contributed by atoms with E-state index >= 15 is 0 Å². The van der Waals surface area contributed by atoms with Crippen LogP contribution in [0.4, 0.5) is 5.69 Å². The summed E-state index contributed by atoms with van der Waals surface area (Å²) >= 11 is 0. The maximum absolute atomic E-state index is 5.72. The number of aromatic nitrogens is 2. The van der Waals surface area contributed by atoms with Crippen LogP contribution in [0, 0.1) is 0 Å². The van der Waals surface area contributed by atoms with Gasteiger partial charge in [-0.15, -0.1) is 0 Å². The molecule has 0 saturated heterocycles. The van der Waals surface area contributed by atoms with E-state index in [1.54, 1.807) is 0 Å². The Bertz CT molecular complexity index is 1050. The molecule has 2 heterocycles. The van der Waals surface area contributed by atoms with Gasteiger partial charge in [0, 0.05) is 24.5 Å². The van der Waals surface area contributed by atoms with Crippen molar-refractivity contribution < 1.29 is 4.74 Å². The molecule has 27 heavy (non-hydrogen) atoms. The first-order chi connectivity index (χ1) is 13.1. The molecule has 2 aromatic heterocycles. The first kappa shape index (κ1) is 17.2. The summed E-state index contributed by atoms with van der Waals surface area (Å²) in [6.45, 7) is 4.06. The number of anilines is 1. The normalized spacial score (nSPS) is 11.1. The predicted octanol–water partition coefficient (Wildman–Crippen LogP) is 5.50. The topological polar surface area (TPSA) is 38.6 Å². The molecule has 0 bridgehead atoms. The van der Waals surface area contributed by atoms with E-state index in [0.717, 1.165) is 39.5 Å². The molecule has 0 aliphatic rings. The van der Waals surface area contributed by atoms with Gasteiger partial charge in [0.1, 0.15) is 11.4 Å². The second-order valence-corrected chi connectivity index (χ2v) is 6.81. The quantitative estimate of drug-likeness (QED) is 0.513. The number of nitrogens with zero attached hydrogens (tertiary/aromatic N) is 2. The van der Waals surface area contributed by atoms with Gasteiger partial charge in [-0.2, -0.15) is 0 Å². The average Bonchev–Trinajstić information content (AvgIpc) is 3.11. The van der Waals surface area contributed by atoms with E-state index in [2.05, 4.69) is 69.4 Å². The Balaban J connectivity index is 1.65. The molecule has 4 aromatic rings. The van der Waals surface area contributed by atoms with Crippen LogP contribution in [0.25, 0.3) is 28.0 Å². The van der Waals surface area contributed by atoms with Crippen molar-refractivity contribution in [3.8, 4) is 28.1 Å². The standard InChI is InChI=1S/C23H23N3O/c1-16(2)27-21-10-6-17(7-11-21)19-12-13-26-22(15-25-23(26)14-19)18-4-8-20(24-3)9-5-18/h4-16,24H,1-3H3. The summed E-state index contributed by atoms with van der Waals surface area (Å²) in [7, 11) is 1.92. The maximum Gasteiger partial charge on any atom is 0.137 e. The number of benzene rings is 2. The minimum atomic E-state index is 0.178. The highest BCUT2D eigenvalue weighted by atomic mass is 16.5. The van der Waals surface area contributed by atoms with Crippen LogP contribution in [0.3, 0.4) is 0 Å². The molecule has 0 amide bonds. The van der Waals surface area contributed by atoms with E-state index in [4.69, 9.17) is 4.74 Å². The molecule has 0 atom stereocenters. The molecule has 136 valence electrons. The molecule has 0 aliphatic carbocycles. The average molecular weight is 357 g/mol. The molecule has 0 radical (unpaired) electrons. The van der Waals surface area contributed by atoms with Crippen LogP contribution in [-0.4, -0.2) is 22.5 Å². The van der Waals surface area contributed by atoms with Crippen molar-refractivity contribution in [3.05, 3.63) is 73.1 Å². The fourth-order valence-corrected chi connectivity index (χ4v) is 3.18. The fourth-order valence-electron chi connectivity index (χ4n) is 3.18. The van der Waals surface area contributed by atoms with E-state index in [-0.39, 0.29) is 6.10 Å². The molecule has 0 unspecified atom stereocenters. The lowest BCUT2D eigenvalue weighted by atomic mass is 10.1. The summed E-state index contributed by atoms with van der Waals surface area (Å²) < 4.78 is 7.84. The van der Waals surface area contributed by atoms with E-state index < -0.39 is 0 Å². The number of pyridine rings is 1. The highest BCUT2D eigenvalue weighted by molar-refractivity contribution is 5.71. The minimum Gasteiger partial charge on any atom is -0.491 e. The van der Waals surface area contributed by atoms with Gasteiger partial charge < -0.3 is 10.1 Å². The summed E-state index contributed by atoms with van der Waals surface area (Å²) in [6, 6.07) is 20.8. The Hall–Kier alpha value is -3.27. The van der Waals surface area contributed by atoms with Gasteiger partial charge >= 0.3 is 0 Å². The predicted molar refractivity (Wildman–Crippen MR) is 111 cm³/mol. The first-order valence-electron chi connectivity index (χ1n) is 9.16. The molecule has 0 saturated carbocycles. The summed E-state index contributed by atoms with van der Waals surface area (Å²) in [4.78, 5) is 4.60. The number of nitrogens with one attached hydrogen (secondary N) is 1. The molecule has 4 heteroatoms. The summed E-state index contributed by atoms with van der Waals surface area (Å²) in [6.07, 6.45) is 4.18. The number of imidazole rings is 1. The maximum atomic E-state index is 5.72. The van der Waals surface area contributed by atoms with E-state index in [1.807, 2.05) is 39.2 Å². The second kappa shape index (κ2) is 7.16. The Labute approximate surface area is 159 Å². The summed E-state index contributed by atoms with van der Waals surface area (Å²) in [5.41, 5.74) is 6.55. The monoisotopic (exact) mass is 357 g/mol. The SMILES string of the molecule is CNc1ccc(-c2cnc3cc(-c4ccc(OC(C)C)cc4)ccn23)cc1. The van der Waals surface area contributed by atoms with Gasteiger partial charge in [-0.3, -0.25) is 4.40 Å². The highest BCUT2D eigenvalue weighted by Gasteiger charge is 2.08. The van der Waals surface area contributed by atoms with Gasteiger partial charge in [-0.1, -0.05) is 24.3 Å². The van der Waals surface area contributed by atoms with Crippen molar-refractivity contribution in [2.75, 3.05) is 12.4 Å². The smallest absolute Gasteiger partial charge is 0.137 e. The zero-order chi connectivity index (χ0) is 18.8. The van der Waals surface area contributed by atoms with Crippen molar-refractivity contribution in [2.45, 2.75) is 20.0 Å². The lowest BCUT2D eigenvalue weighted by Gasteiger charge is -2.10. The molecule has 1 N–H and O–H groups in total. The van der Waals surface area contributed by atoms with Crippen LogP contribution >= 0.6 is 0 Å². The molecule has 2 aromatic carbocycles. The fraction of sp³-hybridized carbons (Fsp3) is 0.174. The lowest BCUT2D eigenvalue weighted by Crippen LogP contribution is -2.05. The van der Waals surface area contributed by atoms with Gasteiger partial charge in [0.15, 0.2) is 0 Å². The Morgan fingerprint density at radius 1 is 0.889 bits per heavy atom. The zero-order valence-electron chi connectivity index (χ0n) is 15.8. The number of hydrogen-bond acceptors (Lipinski definition) is 3. The molecular formula is C23H23N3O. The summed E-state index contributed by atoms with van der Waals surface area (Å²) in [5, 5.41) is 3.15. The van der Waals surface area contributed by atoms with Crippen LogP contribution in [-0.2, 0) is 0 Å². The molecule has 0 spiro atoms. The van der Waals surface area contributed by atoms with Gasteiger partial charge in [0.2, 0.25) is 0 Å². The highest BCUT2D eigenvalue weighted by Crippen LogP contribution is 2.27.